The molecule has 0 bridgehead atoms. The highest BCUT2D eigenvalue weighted by atomic mass is 79.9. The molecular weight excluding hydrogens is 494 g/mol. The normalized spacial score (nSPS) is 15.1. The highest BCUT2D eigenvalue weighted by Crippen LogP contribution is 2.42. The van der Waals surface area contributed by atoms with E-state index in [0.29, 0.717) is 34.6 Å². The van der Waals surface area contributed by atoms with E-state index in [0.717, 1.165) is 28.4 Å². The van der Waals surface area contributed by atoms with Crippen LogP contribution in [0.1, 0.15) is 53.1 Å². The zero-order chi connectivity index (χ0) is 23.8. The molecule has 0 radical (unpaired) electrons. The first-order valence-corrected chi connectivity index (χ1v) is 12.2. The first kappa shape index (κ1) is 22.4. The van der Waals surface area contributed by atoms with Gasteiger partial charge < -0.3 is 9.15 Å². The number of carbonyl (C=O) groups excluding carboxylic acids is 1. The molecule has 1 aromatic heterocycles. The molecule has 5 rings (SSSR count). The van der Waals surface area contributed by atoms with Crippen molar-refractivity contribution in [3.8, 4) is 5.75 Å². The molecule has 1 aliphatic rings. The Morgan fingerprint density at radius 1 is 1.03 bits per heavy atom. The van der Waals surface area contributed by atoms with E-state index < -0.39 is 6.04 Å². The number of ether oxygens (including phenoxy) is 1. The van der Waals surface area contributed by atoms with E-state index >= 15 is 0 Å². The summed E-state index contributed by atoms with van der Waals surface area (Å²) >= 11 is 3.46. The molecule has 0 fully saturated rings. The van der Waals surface area contributed by atoms with Crippen LogP contribution in [0.15, 0.2) is 80.4 Å². The van der Waals surface area contributed by atoms with Gasteiger partial charge in [-0.3, -0.25) is 14.5 Å². The number of anilines is 1. The second kappa shape index (κ2) is 9.11. The number of nitrogens with zero attached hydrogens (tertiary/aromatic N) is 1. The molecule has 1 unspecified atom stereocenters. The molecule has 6 heteroatoms. The molecule has 34 heavy (non-hydrogen) atoms. The summed E-state index contributed by atoms with van der Waals surface area (Å²) in [6, 6.07) is 19.9. The summed E-state index contributed by atoms with van der Waals surface area (Å²) in [5.41, 5.74) is 3.02. The standard InChI is InChI=1S/C28H24BrNO4/c1-3-4-14-33-21-7-5-6-18(16-21)25-24-26(31)22-15-17(2)8-13-23(22)34-27(24)28(32)30(25)20-11-9-19(29)10-12-20/h5-13,15-16,25H,3-4,14H2,1-2H3. The van der Waals surface area contributed by atoms with Crippen molar-refractivity contribution >= 4 is 38.5 Å². The Hall–Kier alpha value is -3.38. The minimum atomic E-state index is -0.625. The third-order valence-electron chi connectivity index (χ3n) is 6.07. The van der Waals surface area contributed by atoms with Crippen LogP contribution in [0.4, 0.5) is 5.69 Å². The Morgan fingerprint density at radius 2 is 1.82 bits per heavy atom. The van der Waals surface area contributed by atoms with E-state index in [2.05, 4.69) is 22.9 Å². The van der Waals surface area contributed by atoms with Gasteiger partial charge in [0.25, 0.3) is 5.91 Å². The van der Waals surface area contributed by atoms with E-state index in [1.807, 2.05) is 67.6 Å². The lowest BCUT2D eigenvalue weighted by Gasteiger charge is -2.25. The SMILES string of the molecule is CCCCOc1cccc(C2c3c(oc4ccc(C)cc4c3=O)C(=O)N2c2ccc(Br)cc2)c1. The van der Waals surface area contributed by atoms with Crippen LogP contribution in [-0.2, 0) is 0 Å². The van der Waals surface area contributed by atoms with Crippen LogP contribution < -0.4 is 15.1 Å². The monoisotopic (exact) mass is 517 g/mol. The van der Waals surface area contributed by atoms with Gasteiger partial charge in [0.05, 0.1) is 23.6 Å². The predicted molar refractivity (Wildman–Crippen MR) is 137 cm³/mol. The maximum atomic E-state index is 13.8. The lowest BCUT2D eigenvalue weighted by atomic mass is 9.97. The number of benzene rings is 3. The number of rotatable bonds is 6. The molecule has 172 valence electrons. The maximum absolute atomic E-state index is 13.8. The van der Waals surface area contributed by atoms with Crippen molar-refractivity contribution in [2.24, 2.45) is 0 Å². The molecule has 1 atom stereocenters. The minimum Gasteiger partial charge on any atom is -0.494 e. The van der Waals surface area contributed by atoms with Crippen LogP contribution in [0, 0.1) is 6.92 Å². The molecule has 5 nitrogen and oxygen atoms in total. The smallest absolute Gasteiger partial charge is 0.295 e. The summed E-state index contributed by atoms with van der Waals surface area (Å²) in [6.45, 7) is 4.66. The fourth-order valence-corrected chi connectivity index (χ4v) is 4.64. The summed E-state index contributed by atoms with van der Waals surface area (Å²) in [5.74, 6) is 0.467. The number of aryl methyl sites for hydroxylation is 1. The third kappa shape index (κ3) is 3.92. The number of fused-ring (bicyclic) bond motifs is 2. The first-order chi connectivity index (χ1) is 16.5. The Labute approximate surface area is 206 Å². The maximum Gasteiger partial charge on any atom is 0.295 e. The van der Waals surface area contributed by atoms with Gasteiger partial charge in [-0.05, 0) is 67.4 Å². The molecule has 3 aromatic carbocycles. The van der Waals surface area contributed by atoms with Gasteiger partial charge in [0.15, 0.2) is 5.43 Å². The summed E-state index contributed by atoms with van der Waals surface area (Å²) in [4.78, 5) is 29.1. The molecule has 2 heterocycles. The topological polar surface area (TPSA) is 59.8 Å². The first-order valence-electron chi connectivity index (χ1n) is 11.4. The van der Waals surface area contributed by atoms with Crippen LogP contribution in [0.25, 0.3) is 11.0 Å². The average molecular weight is 518 g/mol. The number of carbonyl (C=O) groups is 1. The van der Waals surface area contributed by atoms with Gasteiger partial charge in [-0.1, -0.05) is 53.0 Å². The highest BCUT2D eigenvalue weighted by molar-refractivity contribution is 9.10. The second-order valence-corrected chi connectivity index (χ2v) is 9.42. The van der Waals surface area contributed by atoms with E-state index in [1.54, 1.807) is 11.0 Å². The molecule has 4 aromatic rings. The van der Waals surface area contributed by atoms with Crippen LogP contribution in [0.5, 0.6) is 5.75 Å². The molecule has 0 N–H and O–H groups in total. The number of halogens is 1. The van der Waals surface area contributed by atoms with Crippen molar-refractivity contribution in [1.82, 2.24) is 0 Å². The van der Waals surface area contributed by atoms with Crippen molar-refractivity contribution in [3.63, 3.8) is 0 Å². The third-order valence-corrected chi connectivity index (χ3v) is 6.60. The Morgan fingerprint density at radius 3 is 2.59 bits per heavy atom. The molecule has 0 saturated heterocycles. The van der Waals surface area contributed by atoms with Gasteiger partial charge >= 0.3 is 0 Å². The van der Waals surface area contributed by atoms with Gasteiger partial charge in [0.2, 0.25) is 5.76 Å². The average Bonchev–Trinajstić information content (AvgIpc) is 3.13. The van der Waals surface area contributed by atoms with E-state index in [4.69, 9.17) is 9.15 Å². The summed E-state index contributed by atoms with van der Waals surface area (Å²) < 4.78 is 12.9. The van der Waals surface area contributed by atoms with Gasteiger partial charge in [-0.25, -0.2) is 0 Å². The van der Waals surface area contributed by atoms with Crippen LogP contribution in [0.2, 0.25) is 0 Å². The Bertz CT molecular complexity index is 1440. The van der Waals surface area contributed by atoms with Gasteiger partial charge in [0.1, 0.15) is 11.3 Å². The zero-order valence-corrected chi connectivity index (χ0v) is 20.6. The van der Waals surface area contributed by atoms with E-state index in [1.165, 1.54) is 0 Å². The summed E-state index contributed by atoms with van der Waals surface area (Å²) in [6.07, 6.45) is 1.99. The largest absolute Gasteiger partial charge is 0.494 e. The lowest BCUT2D eigenvalue weighted by Crippen LogP contribution is -2.29. The Balaban J connectivity index is 1.71. The fourth-order valence-electron chi connectivity index (χ4n) is 4.38. The molecule has 0 saturated carbocycles. The van der Waals surface area contributed by atoms with Crippen molar-refractivity contribution in [2.75, 3.05) is 11.5 Å². The predicted octanol–water partition coefficient (Wildman–Crippen LogP) is 6.79. The summed E-state index contributed by atoms with van der Waals surface area (Å²) in [7, 11) is 0. The molecule has 1 aliphatic heterocycles. The molecular formula is C28H24BrNO4. The van der Waals surface area contributed by atoms with Crippen molar-refractivity contribution < 1.29 is 13.9 Å². The fraction of sp³-hybridized carbons (Fsp3) is 0.214. The van der Waals surface area contributed by atoms with Gasteiger partial charge in [-0.15, -0.1) is 0 Å². The lowest BCUT2D eigenvalue weighted by molar-refractivity contribution is 0.0971. The van der Waals surface area contributed by atoms with E-state index in [9.17, 15) is 9.59 Å². The zero-order valence-electron chi connectivity index (χ0n) is 19.0. The Kier molecular flexibility index (Phi) is 6.00. The van der Waals surface area contributed by atoms with Gasteiger partial charge in [-0.2, -0.15) is 0 Å². The van der Waals surface area contributed by atoms with Crippen LogP contribution in [0.3, 0.4) is 0 Å². The molecule has 1 amide bonds. The number of amides is 1. The molecule has 0 aliphatic carbocycles. The second-order valence-electron chi connectivity index (χ2n) is 8.50. The highest BCUT2D eigenvalue weighted by Gasteiger charge is 2.43. The van der Waals surface area contributed by atoms with Gasteiger partial charge in [0, 0.05) is 10.2 Å². The van der Waals surface area contributed by atoms with Crippen molar-refractivity contribution in [1.29, 1.82) is 0 Å². The van der Waals surface area contributed by atoms with E-state index in [-0.39, 0.29) is 17.1 Å². The minimum absolute atomic E-state index is 0.0894. The van der Waals surface area contributed by atoms with Crippen LogP contribution in [-0.4, -0.2) is 12.5 Å². The van der Waals surface area contributed by atoms with Crippen molar-refractivity contribution in [3.05, 3.63) is 104 Å². The van der Waals surface area contributed by atoms with Crippen molar-refractivity contribution in [2.45, 2.75) is 32.7 Å². The summed E-state index contributed by atoms with van der Waals surface area (Å²) in [5, 5.41) is 0.476. The quantitative estimate of drug-likeness (QED) is 0.264. The molecule has 0 spiro atoms. The number of unbranched alkanes of at least 4 members (excludes halogenated alkanes) is 1. The van der Waals surface area contributed by atoms with Crippen LogP contribution >= 0.6 is 15.9 Å². The number of hydrogen-bond acceptors (Lipinski definition) is 4. The number of hydrogen-bond donors (Lipinski definition) is 0.